The van der Waals surface area contributed by atoms with Crippen molar-refractivity contribution in [3.05, 3.63) is 18.0 Å². The fraction of sp³-hybridized carbons (Fsp3) is 0.600. The quantitative estimate of drug-likeness (QED) is 0.722. The van der Waals surface area contributed by atoms with E-state index in [4.69, 9.17) is 4.74 Å². The van der Waals surface area contributed by atoms with Crippen molar-refractivity contribution >= 4 is 5.97 Å². The number of hydrogen-bond donors (Lipinski definition) is 1. The number of aryl methyl sites for hydroxylation is 1. The Labute approximate surface area is 88.7 Å². The average Bonchev–Trinajstić information content (AvgIpc) is 2.51. The number of nitrogens with zero attached hydrogens (tertiary/aromatic N) is 2. The highest BCUT2D eigenvalue weighted by Gasteiger charge is 2.12. The molecule has 1 aromatic rings. The van der Waals surface area contributed by atoms with Gasteiger partial charge in [-0.1, -0.05) is 0 Å². The standard InChI is InChI=1S/C10H16N2O3/c1-3-15-10(14)6-9(13)7-12-5-4-8(2)11-12/h4-5,9,13H,3,6-7H2,1-2H3. The second-order valence-electron chi connectivity index (χ2n) is 3.34. The number of esters is 1. The van der Waals surface area contributed by atoms with Crippen molar-refractivity contribution in [1.29, 1.82) is 0 Å². The van der Waals surface area contributed by atoms with Gasteiger partial charge in [-0.2, -0.15) is 5.10 Å². The van der Waals surface area contributed by atoms with E-state index < -0.39 is 6.10 Å². The third-order valence-corrected chi connectivity index (χ3v) is 1.88. The SMILES string of the molecule is CCOC(=O)CC(O)Cn1ccc(C)n1. The van der Waals surface area contributed by atoms with Crippen LogP contribution in [0.15, 0.2) is 12.3 Å². The molecule has 84 valence electrons. The van der Waals surface area contributed by atoms with Gasteiger partial charge < -0.3 is 9.84 Å². The lowest BCUT2D eigenvalue weighted by Gasteiger charge is -2.09. The first kappa shape index (κ1) is 11.7. The van der Waals surface area contributed by atoms with Crippen molar-refractivity contribution in [2.75, 3.05) is 6.61 Å². The number of aliphatic hydroxyl groups is 1. The van der Waals surface area contributed by atoms with Crippen molar-refractivity contribution in [2.45, 2.75) is 32.9 Å². The summed E-state index contributed by atoms with van der Waals surface area (Å²) in [6, 6.07) is 1.84. The second-order valence-corrected chi connectivity index (χ2v) is 3.34. The topological polar surface area (TPSA) is 64.3 Å². The molecule has 0 aliphatic carbocycles. The number of aliphatic hydroxyl groups excluding tert-OH is 1. The molecule has 1 aromatic heterocycles. The molecule has 15 heavy (non-hydrogen) atoms. The molecule has 1 unspecified atom stereocenters. The Kier molecular flexibility index (Phi) is 4.30. The molecule has 0 aromatic carbocycles. The van der Waals surface area contributed by atoms with E-state index in [1.165, 1.54) is 0 Å². The highest BCUT2D eigenvalue weighted by molar-refractivity contribution is 5.69. The third kappa shape index (κ3) is 4.12. The van der Waals surface area contributed by atoms with E-state index in [0.717, 1.165) is 5.69 Å². The van der Waals surface area contributed by atoms with Gasteiger partial charge in [0.25, 0.3) is 0 Å². The van der Waals surface area contributed by atoms with Gasteiger partial charge in [-0.15, -0.1) is 0 Å². The van der Waals surface area contributed by atoms with E-state index in [9.17, 15) is 9.90 Å². The molecule has 1 atom stereocenters. The molecule has 0 aliphatic rings. The summed E-state index contributed by atoms with van der Waals surface area (Å²) in [6.07, 6.45) is 1.03. The van der Waals surface area contributed by atoms with Crippen LogP contribution in [-0.4, -0.2) is 33.6 Å². The Bertz CT molecular complexity index is 322. The van der Waals surface area contributed by atoms with Gasteiger partial charge in [0.15, 0.2) is 0 Å². The summed E-state index contributed by atoms with van der Waals surface area (Å²) in [5.74, 6) is -0.381. The third-order valence-electron chi connectivity index (χ3n) is 1.88. The largest absolute Gasteiger partial charge is 0.466 e. The Morgan fingerprint density at radius 3 is 3.00 bits per heavy atom. The summed E-state index contributed by atoms with van der Waals surface area (Å²) in [6.45, 7) is 4.26. The summed E-state index contributed by atoms with van der Waals surface area (Å²) < 4.78 is 6.34. The highest BCUT2D eigenvalue weighted by atomic mass is 16.5. The molecule has 0 radical (unpaired) electrons. The first-order valence-electron chi connectivity index (χ1n) is 4.95. The van der Waals surface area contributed by atoms with E-state index in [1.807, 2.05) is 13.0 Å². The Hall–Kier alpha value is -1.36. The van der Waals surface area contributed by atoms with Crippen molar-refractivity contribution in [1.82, 2.24) is 9.78 Å². The van der Waals surface area contributed by atoms with Gasteiger partial charge in [-0.3, -0.25) is 9.48 Å². The summed E-state index contributed by atoms with van der Waals surface area (Å²) in [7, 11) is 0. The van der Waals surface area contributed by atoms with Crippen LogP contribution < -0.4 is 0 Å². The predicted molar refractivity (Wildman–Crippen MR) is 54.2 cm³/mol. The molecule has 5 heteroatoms. The fourth-order valence-electron chi connectivity index (χ4n) is 1.26. The normalized spacial score (nSPS) is 12.5. The Balaban J connectivity index is 2.35. The molecule has 0 aliphatic heterocycles. The second kappa shape index (κ2) is 5.50. The van der Waals surface area contributed by atoms with Gasteiger partial charge in [0.2, 0.25) is 0 Å². The molecule has 0 saturated heterocycles. The number of hydrogen-bond acceptors (Lipinski definition) is 4. The first-order chi connectivity index (χ1) is 7.11. The van der Waals surface area contributed by atoms with Crippen LogP contribution in [0.4, 0.5) is 0 Å². The van der Waals surface area contributed by atoms with Gasteiger partial charge in [0.1, 0.15) is 0 Å². The number of carbonyl (C=O) groups excluding carboxylic acids is 1. The average molecular weight is 212 g/mol. The zero-order valence-electron chi connectivity index (χ0n) is 9.01. The van der Waals surface area contributed by atoms with E-state index >= 15 is 0 Å². The maximum Gasteiger partial charge on any atom is 0.308 e. The van der Waals surface area contributed by atoms with Gasteiger partial charge in [-0.25, -0.2) is 0 Å². The zero-order valence-corrected chi connectivity index (χ0v) is 9.01. The fourth-order valence-corrected chi connectivity index (χ4v) is 1.26. The van der Waals surface area contributed by atoms with E-state index in [1.54, 1.807) is 17.8 Å². The minimum Gasteiger partial charge on any atom is -0.466 e. The van der Waals surface area contributed by atoms with Crippen LogP contribution in [0.1, 0.15) is 19.0 Å². The van der Waals surface area contributed by atoms with Crippen LogP contribution in [0.2, 0.25) is 0 Å². The van der Waals surface area contributed by atoms with E-state index in [-0.39, 0.29) is 12.4 Å². The van der Waals surface area contributed by atoms with Crippen LogP contribution >= 0.6 is 0 Å². The lowest BCUT2D eigenvalue weighted by atomic mass is 10.2. The summed E-state index contributed by atoms with van der Waals surface area (Å²) >= 11 is 0. The van der Waals surface area contributed by atoms with Crippen LogP contribution in [0.25, 0.3) is 0 Å². The predicted octanol–water partition coefficient (Wildman–Crippen LogP) is 0.506. The van der Waals surface area contributed by atoms with Crippen LogP contribution in [0.3, 0.4) is 0 Å². The van der Waals surface area contributed by atoms with Crippen LogP contribution in [0, 0.1) is 6.92 Å². The van der Waals surface area contributed by atoms with Crippen molar-refractivity contribution < 1.29 is 14.6 Å². The molecular formula is C10H16N2O3. The van der Waals surface area contributed by atoms with Crippen molar-refractivity contribution in [2.24, 2.45) is 0 Å². The van der Waals surface area contributed by atoms with Crippen LogP contribution in [-0.2, 0) is 16.1 Å². The molecule has 0 bridgehead atoms. The zero-order chi connectivity index (χ0) is 11.3. The maximum absolute atomic E-state index is 11.0. The van der Waals surface area contributed by atoms with E-state index in [2.05, 4.69) is 5.10 Å². The summed E-state index contributed by atoms with van der Waals surface area (Å²) in [5, 5.41) is 13.7. The molecule has 0 saturated carbocycles. The summed E-state index contributed by atoms with van der Waals surface area (Å²) in [5.41, 5.74) is 0.887. The number of carbonyl (C=O) groups is 1. The molecular weight excluding hydrogens is 196 g/mol. The molecule has 0 amide bonds. The molecule has 1 rings (SSSR count). The smallest absolute Gasteiger partial charge is 0.308 e. The lowest BCUT2D eigenvalue weighted by Crippen LogP contribution is -2.21. The molecule has 1 N–H and O–H groups in total. The number of ether oxygens (including phenoxy) is 1. The van der Waals surface area contributed by atoms with E-state index in [0.29, 0.717) is 13.2 Å². The lowest BCUT2D eigenvalue weighted by molar-refractivity contribution is -0.145. The molecule has 0 fully saturated rings. The van der Waals surface area contributed by atoms with Crippen molar-refractivity contribution in [3.8, 4) is 0 Å². The number of rotatable bonds is 5. The molecule has 0 spiro atoms. The maximum atomic E-state index is 11.0. The molecule has 5 nitrogen and oxygen atoms in total. The monoisotopic (exact) mass is 212 g/mol. The minimum atomic E-state index is -0.747. The van der Waals surface area contributed by atoms with Gasteiger partial charge in [0.05, 0.1) is 31.4 Å². The minimum absolute atomic E-state index is 0.00669. The Morgan fingerprint density at radius 2 is 2.47 bits per heavy atom. The van der Waals surface area contributed by atoms with Gasteiger partial charge in [0, 0.05) is 6.20 Å². The molecule has 1 heterocycles. The van der Waals surface area contributed by atoms with Gasteiger partial charge in [-0.05, 0) is 19.9 Å². The van der Waals surface area contributed by atoms with Crippen LogP contribution in [0.5, 0.6) is 0 Å². The summed E-state index contributed by atoms with van der Waals surface area (Å²) in [4.78, 5) is 11.0. The highest BCUT2D eigenvalue weighted by Crippen LogP contribution is 2.00. The number of aromatic nitrogens is 2. The van der Waals surface area contributed by atoms with Crippen molar-refractivity contribution in [3.63, 3.8) is 0 Å². The van der Waals surface area contributed by atoms with Gasteiger partial charge >= 0.3 is 5.97 Å². The first-order valence-corrected chi connectivity index (χ1v) is 4.95. The Morgan fingerprint density at radius 1 is 1.73 bits per heavy atom.